The maximum absolute atomic E-state index is 11.0. The smallest absolute Gasteiger partial charge is 0.346 e. The molecule has 4 heteroatoms. The Morgan fingerprint density at radius 1 is 1.75 bits per heavy atom. The van der Waals surface area contributed by atoms with Gasteiger partial charge in [0.05, 0.1) is 0 Å². The summed E-state index contributed by atoms with van der Waals surface area (Å²) < 4.78 is 4.11. The molecule has 0 aromatic carbocycles. The number of nitriles is 1. The van der Waals surface area contributed by atoms with Crippen molar-refractivity contribution in [2.24, 2.45) is 0 Å². The molecule has 0 amide bonds. The van der Waals surface area contributed by atoms with Crippen molar-refractivity contribution in [1.82, 2.24) is 4.98 Å². The molecule has 1 aromatic rings. The van der Waals surface area contributed by atoms with Gasteiger partial charge >= 0.3 is 5.97 Å². The SMILES string of the molecule is Cc1cccnc1C(=O)OC#N. The van der Waals surface area contributed by atoms with E-state index in [1.165, 1.54) is 12.5 Å². The minimum atomic E-state index is -0.712. The summed E-state index contributed by atoms with van der Waals surface area (Å²) >= 11 is 0. The van der Waals surface area contributed by atoms with Crippen LogP contribution in [0, 0.1) is 18.4 Å². The van der Waals surface area contributed by atoms with Crippen LogP contribution in [0.15, 0.2) is 18.3 Å². The highest BCUT2D eigenvalue weighted by Gasteiger charge is 2.10. The molecule has 0 unspecified atom stereocenters. The zero-order chi connectivity index (χ0) is 8.97. The summed E-state index contributed by atoms with van der Waals surface area (Å²) in [6, 6.07) is 3.43. The first-order valence-electron chi connectivity index (χ1n) is 3.27. The second-order valence-electron chi connectivity index (χ2n) is 2.15. The van der Waals surface area contributed by atoms with Gasteiger partial charge in [-0.05, 0) is 18.6 Å². The molecule has 1 rings (SSSR count). The van der Waals surface area contributed by atoms with Crippen LogP contribution in [0.5, 0.6) is 0 Å². The third kappa shape index (κ3) is 1.58. The first-order chi connectivity index (χ1) is 5.75. The maximum Gasteiger partial charge on any atom is 0.372 e. The van der Waals surface area contributed by atoms with Gasteiger partial charge in [-0.25, -0.2) is 9.78 Å². The van der Waals surface area contributed by atoms with Crippen LogP contribution >= 0.6 is 0 Å². The lowest BCUT2D eigenvalue weighted by Crippen LogP contribution is -2.05. The number of nitrogens with zero attached hydrogens (tertiary/aromatic N) is 2. The van der Waals surface area contributed by atoms with Gasteiger partial charge in [-0.15, -0.1) is 5.26 Å². The third-order valence-electron chi connectivity index (χ3n) is 1.34. The van der Waals surface area contributed by atoms with Gasteiger partial charge in [-0.1, -0.05) is 6.07 Å². The van der Waals surface area contributed by atoms with Crippen LogP contribution in [0.2, 0.25) is 0 Å². The van der Waals surface area contributed by atoms with Crippen LogP contribution in [0.25, 0.3) is 0 Å². The van der Waals surface area contributed by atoms with Gasteiger partial charge in [-0.2, -0.15) is 0 Å². The first kappa shape index (κ1) is 8.21. The van der Waals surface area contributed by atoms with Gasteiger partial charge in [0.1, 0.15) is 0 Å². The number of carbonyl (C=O) groups is 1. The fourth-order valence-corrected chi connectivity index (χ4v) is 0.789. The molecule has 0 radical (unpaired) electrons. The molecule has 1 aromatic heterocycles. The summed E-state index contributed by atoms with van der Waals surface area (Å²) in [7, 11) is 0. The van der Waals surface area contributed by atoms with E-state index >= 15 is 0 Å². The number of esters is 1. The Bertz CT molecular complexity index is 341. The van der Waals surface area contributed by atoms with Crippen LogP contribution in [0.1, 0.15) is 16.1 Å². The zero-order valence-corrected chi connectivity index (χ0v) is 6.44. The van der Waals surface area contributed by atoms with Crippen molar-refractivity contribution >= 4 is 5.97 Å². The lowest BCUT2D eigenvalue weighted by Gasteiger charge is -1.97. The Morgan fingerprint density at radius 2 is 2.50 bits per heavy atom. The van der Waals surface area contributed by atoms with E-state index < -0.39 is 5.97 Å². The Labute approximate surface area is 69.4 Å². The van der Waals surface area contributed by atoms with Crippen LogP contribution in [0.4, 0.5) is 0 Å². The van der Waals surface area contributed by atoms with E-state index in [1.807, 2.05) is 0 Å². The van der Waals surface area contributed by atoms with Crippen molar-refractivity contribution < 1.29 is 9.53 Å². The molecule has 60 valence electrons. The fourth-order valence-electron chi connectivity index (χ4n) is 0.789. The summed E-state index contributed by atoms with van der Waals surface area (Å²) in [4.78, 5) is 14.7. The van der Waals surface area contributed by atoms with E-state index in [4.69, 9.17) is 5.26 Å². The summed E-state index contributed by atoms with van der Waals surface area (Å²) in [6.07, 6.45) is 2.78. The Hall–Kier alpha value is -1.89. The topological polar surface area (TPSA) is 63.0 Å². The molecule has 1 heterocycles. The molecule has 4 nitrogen and oxygen atoms in total. The van der Waals surface area contributed by atoms with E-state index in [9.17, 15) is 4.79 Å². The van der Waals surface area contributed by atoms with Crippen LogP contribution in [-0.2, 0) is 4.74 Å². The molecule has 0 saturated carbocycles. The van der Waals surface area contributed by atoms with E-state index in [0.717, 1.165) is 0 Å². The minimum absolute atomic E-state index is 0.180. The summed E-state index contributed by atoms with van der Waals surface area (Å²) in [5.41, 5.74) is 0.872. The number of hydrogen-bond donors (Lipinski definition) is 0. The lowest BCUT2D eigenvalue weighted by molar-refractivity contribution is 0.0678. The molecular weight excluding hydrogens is 156 g/mol. The van der Waals surface area contributed by atoms with E-state index in [-0.39, 0.29) is 5.69 Å². The van der Waals surface area contributed by atoms with Gasteiger partial charge in [0.2, 0.25) is 0 Å². The first-order valence-corrected chi connectivity index (χ1v) is 3.27. The normalized spacial score (nSPS) is 8.67. The molecule has 0 aliphatic rings. The van der Waals surface area contributed by atoms with Crippen molar-refractivity contribution in [1.29, 1.82) is 5.26 Å². The molecule has 12 heavy (non-hydrogen) atoms. The van der Waals surface area contributed by atoms with Crippen molar-refractivity contribution in [3.63, 3.8) is 0 Å². The summed E-state index contributed by atoms with van der Waals surface area (Å²) in [6.45, 7) is 1.72. The highest BCUT2D eigenvalue weighted by atomic mass is 16.5. The van der Waals surface area contributed by atoms with E-state index in [0.29, 0.717) is 5.56 Å². The van der Waals surface area contributed by atoms with Crippen molar-refractivity contribution in [3.8, 4) is 6.26 Å². The van der Waals surface area contributed by atoms with Gasteiger partial charge < -0.3 is 4.74 Å². The predicted molar refractivity (Wildman–Crippen MR) is 40.0 cm³/mol. The van der Waals surface area contributed by atoms with Gasteiger partial charge in [0, 0.05) is 6.20 Å². The second-order valence-corrected chi connectivity index (χ2v) is 2.15. The number of pyridine rings is 1. The molecule has 0 N–H and O–H groups in total. The van der Waals surface area contributed by atoms with Crippen LogP contribution < -0.4 is 0 Å². The van der Waals surface area contributed by atoms with Gasteiger partial charge in [0.15, 0.2) is 5.69 Å². The minimum Gasteiger partial charge on any atom is -0.346 e. The standard InChI is InChI=1S/C8H6N2O2/c1-6-3-2-4-10-7(6)8(11)12-5-9/h2-4H,1H3. The largest absolute Gasteiger partial charge is 0.372 e. The molecule has 0 spiro atoms. The van der Waals surface area contributed by atoms with E-state index in [2.05, 4.69) is 9.72 Å². The quantitative estimate of drug-likeness (QED) is 0.457. The highest BCUT2D eigenvalue weighted by Crippen LogP contribution is 2.03. The average Bonchev–Trinajstić information content (AvgIpc) is 2.05. The van der Waals surface area contributed by atoms with Crippen molar-refractivity contribution in [2.75, 3.05) is 0 Å². The Morgan fingerprint density at radius 3 is 3.08 bits per heavy atom. The molecule has 0 aliphatic carbocycles. The molecule has 0 bridgehead atoms. The van der Waals surface area contributed by atoms with Gasteiger partial charge in [-0.3, -0.25) is 0 Å². The Balaban J connectivity index is 2.97. The average molecular weight is 162 g/mol. The van der Waals surface area contributed by atoms with Crippen molar-refractivity contribution in [2.45, 2.75) is 6.92 Å². The number of aryl methyl sites for hydroxylation is 1. The number of ether oxygens (including phenoxy) is 1. The monoisotopic (exact) mass is 162 g/mol. The summed E-state index contributed by atoms with van der Waals surface area (Å²) in [5.74, 6) is -0.712. The second kappa shape index (κ2) is 3.49. The maximum atomic E-state index is 11.0. The molecule has 0 aliphatic heterocycles. The lowest BCUT2D eigenvalue weighted by atomic mass is 10.2. The Kier molecular flexibility index (Phi) is 2.38. The molecule has 0 saturated heterocycles. The number of aromatic nitrogens is 1. The molecule has 0 atom stereocenters. The number of hydrogen-bond acceptors (Lipinski definition) is 4. The molecule has 0 fully saturated rings. The van der Waals surface area contributed by atoms with Crippen molar-refractivity contribution in [3.05, 3.63) is 29.6 Å². The number of carbonyl (C=O) groups excluding carboxylic acids is 1. The van der Waals surface area contributed by atoms with Gasteiger partial charge in [0.25, 0.3) is 6.26 Å². The predicted octanol–water partition coefficient (Wildman–Crippen LogP) is 1.03. The van der Waals surface area contributed by atoms with Crippen LogP contribution in [0.3, 0.4) is 0 Å². The number of rotatable bonds is 1. The zero-order valence-electron chi connectivity index (χ0n) is 6.44. The third-order valence-corrected chi connectivity index (χ3v) is 1.34. The van der Waals surface area contributed by atoms with E-state index in [1.54, 1.807) is 19.1 Å². The fraction of sp³-hybridized carbons (Fsp3) is 0.125. The van der Waals surface area contributed by atoms with Crippen LogP contribution in [-0.4, -0.2) is 11.0 Å². The highest BCUT2D eigenvalue weighted by molar-refractivity contribution is 5.89. The summed E-state index contributed by atoms with van der Waals surface area (Å²) in [5, 5.41) is 8.07. The molecular formula is C8H6N2O2.